The summed E-state index contributed by atoms with van der Waals surface area (Å²) >= 11 is 0. The number of aliphatic hydroxyl groups excluding tert-OH is 1. The number of anilines is 1. The lowest BCUT2D eigenvalue weighted by Crippen LogP contribution is -2.41. The van der Waals surface area contributed by atoms with Crippen LogP contribution in [0.3, 0.4) is 0 Å². The van der Waals surface area contributed by atoms with E-state index in [4.69, 9.17) is 4.74 Å². The molecule has 0 heterocycles. The molecule has 0 amide bonds. The summed E-state index contributed by atoms with van der Waals surface area (Å²) in [7, 11) is 0. The highest BCUT2D eigenvalue weighted by Gasteiger charge is 2.39. The van der Waals surface area contributed by atoms with Crippen LogP contribution in [-0.2, 0) is 19.3 Å². The monoisotopic (exact) mass is 571 g/mol. The van der Waals surface area contributed by atoms with Crippen molar-refractivity contribution in [3.05, 3.63) is 89.2 Å². The van der Waals surface area contributed by atoms with E-state index in [0.717, 1.165) is 17.0 Å². The first-order valence-electron chi connectivity index (χ1n) is 10.9. The maximum Gasteiger partial charge on any atom is 0.573 e. The number of hydrogen-bond acceptors (Lipinski definition) is 4. The van der Waals surface area contributed by atoms with Gasteiger partial charge in [-0.1, -0.05) is 18.2 Å². The average molecular weight is 571 g/mol. The summed E-state index contributed by atoms with van der Waals surface area (Å²) < 4.78 is 140. The molecule has 1 atom stereocenters. The maximum absolute atomic E-state index is 14.3. The van der Waals surface area contributed by atoms with Crippen molar-refractivity contribution in [2.24, 2.45) is 0 Å². The predicted octanol–water partition coefficient (Wildman–Crippen LogP) is 7.25. The Labute approximate surface area is 215 Å². The van der Waals surface area contributed by atoms with Gasteiger partial charge in [-0.25, -0.2) is 4.39 Å². The highest BCUT2D eigenvalue weighted by atomic mass is 19.4. The number of ether oxygens (including phenoxy) is 2. The van der Waals surface area contributed by atoms with Gasteiger partial charge in [-0.2, -0.15) is 26.3 Å². The number of benzene rings is 3. The van der Waals surface area contributed by atoms with Crippen LogP contribution in [0.4, 0.5) is 49.6 Å². The van der Waals surface area contributed by atoms with Crippen molar-refractivity contribution in [3.63, 3.8) is 0 Å². The average Bonchev–Trinajstić information content (AvgIpc) is 2.81. The van der Waals surface area contributed by atoms with Gasteiger partial charge in [0.25, 0.3) is 0 Å². The van der Waals surface area contributed by atoms with Crippen LogP contribution in [-0.4, -0.2) is 30.3 Å². The van der Waals surface area contributed by atoms with E-state index in [-0.39, 0.29) is 23.6 Å². The maximum atomic E-state index is 14.3. The lowest BCUT2D eigenvalue weighted by Gasteiger charge is -2.29. The van der Waals surface area contributed by atoms with Crippen molar-refractivity contribution in [2.75, 3.05) is 11.4 Å². The molecular formula is C25H19F10NO3. The van der Waals surface area contributed by atoms with Gasteiger partial charge >= 0.3 is 18.7 Å². The Balaban J connectivity index is 1.86. The molecule has 0 radical (unpaired) electrons. The lowest BCUT2D eigenvalue weighted by atomic mass is 10.1. The van der Waals surface area contributed by atoms with Gasteiger partial charge in [-0.15, -0.1) is 13.2 Å². The number of rotatable bonds is 9. The van der Waals surface area contributed by atoms with E-state index in [0.29, 0.717) is 18.2 Å². The van der Waals surface area contributed by atoms with Crippen LogP contribution >= 0.6 is 0 Å². The smallest absolute Gasteiger partial charge is 0.489 e. The standard InChI is InChI=1S/C25H19F10NO3/c26-21-8-7-17(23(27,28)29)10-16(21)12-36(13-22(37)24(30,31)32)18-4-2-5-19(11-18)38-14-15-3-1-6-20(9-15)39-25(33,34)35/h1-11,22,37H,12-14H2/t22-/m1/s1. The molecule has 14 heteroatoms. The summed E-state index contributed by atoms with van der Waals surface area (Å²) in [5.41, 5.74) is -1.62. The zero-order chi connectivity index (χ0) is 29.0. The summed E-state index contributed by atoms with van der Waals surface area (Å²) in [5.74, 6) is -1.60. The molecule has 0 fully saturated rings. The highest BCUT2D eigenvalue weighted by molar-refractivity contribution is 5.52. The normalized spacial score (nSPS) is 13.2. The zero-order valence-electron chi connectivity index (χ0n) is 19.5. The summed E-state index contributed by atoms with van der Waals surface area (Å²) in [6.45, 7) is -2.21. The topological polar surface area (TPSA) is 41.9 Å². The Morgan fingerprint density at radius 1 is 0.795 bits per heavy atom. The van der Waals surface area contributed by atoms with Crippen molar-refractivity contribution in [3.8, 4) is 11.5 Å². The van der Waals surface area contributed by atoms with Crippen LogP contribution < -0.4 is 14.4 Å². The number of aliphatic hydroxyl groups is 1. The predicted molar refractivity (Wildman–Crippen MR) is 118 cm³/mol. The fourth-order valence-electron chi connectivity index (χ4n) is 3.42. The largest absolute Gasteiger partial charge is 0.573 e. The summed E-state index contributed by atoms with van der Waals surface area (Å²) in [4.78, 5) is 0.821. The molecule has 0 bridgehead atoms. The lowest BCUT2D eigenvalue weighted by molar-refractivity contribution is -0.274. The molecule has 3 aromatic carbocycles. The fourth-order valence-corrected chi connectivity index (χ4v) is 3.42. The molecule has 0 aliphatic heterocycles. The first-order valence-corrected chi connectivity index (χ1v) is 10.9. The molecule has 0 spiro atoms. The molecular weight excluding hydrogens is 552 g/mol. The molecule has 212 valence electrons. The quantitative estimate of drug-likeness (QED) is 0.275. The Kier molecular flexibility index (Phi) is 8.88. The van der Waals surface area contributed by atoms with E-state index in [1.165, 1.54) is 36.4 Å². The number of hydrogen-bond donors (Lipinski definition) is 1. The Bertz CT molecular complexity index is 1260. The summed E-state index contributed by atoms with van der Waals surface area (Å²) in [6.07, 6.45) is -17.8. The second-order valence-corrected chi connectivity index (χ2v) is 8.22. The van der Waals surface area contributed by atoms with Crippen molar-refractivity contribution in [1.82, 2.24) is 0 Å². The van der Waals surface area contributed by atoms with Gasteiger partial charge in [0.05, 0.1) is 12.1 Å². The Hall–Kier alpha value is -3.68. The minimum Gasteiger partial charge on any atom is -0.489 e. The fraction of sp³-hybridized carbons (Fsp3) is 0.280. The van der Waals surface area contributed by atoms with E-state index in [1.807, 2.05) is 0 Å². The molecule has 0 aromatic heterocycles. The highest BCUT2D eigenvalue weighted by Crippen LogP contribution is 2.32. The van der Waals surface area contributed by atoms with E-state index in [2.05, 4.69) is 4.74 Å². The number of alkyl halides is 9. The third-order valence-corrected chi connectivity index (χ3v) is 5.23. The van der Waals surface area contributed by atoms with Gasteiger partial charge < -0.3 is 19.5 Å². The first-order chi connectivity index (χ1) is 18.0. The van der Waals surface area contributed by atoms with Crippen molar-refractivity contribution >= 4 is 5.69 Å². The van der Waals surface area contributed by atoms with Crippen molar-refractivity contribution in [1.29, 1.82) is 0 Å². The van der Waals surface area contributed by atoms with E-state index < -0.39 is 60.6 Å². The van der Waals surface area contributed by atoms with Gasteiger partial charge in [0.1, 0.15) is 23.9 Å². The minimum absolute atomic E-state index is 0.0191. The van der Waals surface area contributed by atoms with Crippen molar-refractivity contribution < 1.29 is 58.5 Å². The second kappa shape index (κ2) is 11.6. The van der Waals surface area contributed by atoms with Crippen LogP contribution in [0.5, 0.6) is 11.5 Å². The van der Waals surface area contributed by atoms with Gasteiger partial charge in [0.15, 0.2) is 6.10 Å². The Morgan fingerprint density at radius 2 is 1.46 bits per heavy atom. The molecule has 0 saturated heterocycles. The molecule has 1 N–H and O–H groups in total. The number of halogens is 10. The molecule has 0 aliphatic rings. The van der Waals surface area contributed by atoms with Crippen LogP contribution in [0.15, 0.2) is 66.7 Å². The van der Waals surface area contributed by atoms with Crippen LogP contribution in [0.25, 0.3) is 0 Å². The van der Waals surface area contributed by atoms with Gasteiger partial charge in [-0.3, -0.25) is 0 Å². The van der Waals surface area contributed by atoms with Crippen LogP contribution in [0.2, 0.25) is 0 Å². The minimum atomic E-state index is -5.08. The molecule has 3 aromatic rings. The summed E-state index contributed by atoms with van der Waals surface area (Å²) in [5, 5.41) is 9.61. The van der Waals surface area contributed by atoms with Gasteiger partial charge in [0.2, 0.25) is 0 Å². The van der Waals surface area contributed by atoms with Crippen molar-refractivity contribution in [2.45, 2.75) is 38.0 Å². The first kappa shape index (κ1) is 29.9. The summed E-state index contributed by atoms with van der Waals surface area (Å²) in [6, 6.07) is 11.4. The Morgan fingerprint density at radius 3 is 2.10 bits per heavy atom. The third kappa shape index (κ3) is 8.94. The SMILES string of the molecule is O[C@H](CN(Cc1cc(C(F)(F)F)ccc1F)c1cccc(OCc2cccc(OC(F)(F)F)c2)c1)C(F)(F)F. The molecule has 0 unspecified atom stereocenters. The number of nitrogens with zero attached hydrogens (tertiary/aromatic N) is 1. The molecule has 3 rings (SSSR count). The molecule has 0 aliphatic carbocycles. The van der Waals surface area contributed by atoms with E-state index >= 15 is 0 Å². The van der Waals surface area contributed by atoms with Crippen LogP contribution in [0, 0.1) is 5.82 Å². The van der Waals surface area contributed by atoms with E-state index in [1.54, 1.807) is 0 Å². The third-order valence-electron chi connectivity index (χ3n) is 5.23. The van der Waals surface area contributed by atoms with Crippen LogP contribution in [0.1, 0.15) is 16.7 Å². The molecule has 4 nitrogen and oxygen atoms in total. The van der Waals surface area contributed by atoms with Gasteiger partial charge in [0, 0.05) is 23.9 Å². The van der Waals surface area contributed by atoms with E-state index in [9.17, 15) is 49.0 Å². The molecule has 0 saturated carbocycles. The van der Waals surface area contributed by atoms with Gasteiger partial charge in [-0.05, 0) is 48.0 Å². The zero-order valence-corrected chi connectivity index (χ0v) is 19.5. The second-order valence-electron chi connectivity index (χ2n) is 8.22. The molecule has 39 heavy (non-hydrogen) atoms.